The number of nitriles is 1. The fourth-order valence-corrected chi connectivity index (χ4v) is 5.11. The van der Waals surface area contributed by atoms with Gasteiger partial charge in [-0.25, -0.2) is 4.79 Å². The molecule has 2 aliphatic rings. The first kappa shape index (κ1) is 29.6. The predicted octanol–water partition coefficient (Wildman–Crippen LogP) is 3.53. The van der Waals surface area contributed by atoms with Crippen LogP contribution in [0.4, 0.5) is 10.5 Å². The molecule has 0 bridgehead atoms. The van der Waals surface area contributed by atoms with Crippen LogP contribution in [0, 0.1) is 17.2 Å². The number of nitrogens with zero attached hydrogens (tertiary/aromatic N) is 2. The van der Waals surface area contributed by atoms with Crippen LogP contribution in [-0.4, -0.2) is 59.6 Å². The van der Waals surface area contributed by atoms with E-state index in [1.807, 2.05) is 12.1 Å². The average Bonchev–Trinajstić information content (AvgIpc) is 3.75. The molecule has 10 heteroatoms. The fourth-order valence-electron chi connectivity index (χ4n) is 5.11. The van der Waals surface area contributed by atoms with Crippen molar-refractivity contribution in [3.63, 3.8) is 0 Å². The molecule has 4 amide bonds. The Bertz CT molecular complexity index is 1460. The Kier molecular flexibility index (Phi) is 9.54. The molecule has 0 aromatic heterocycles. The summed E-state index contributed by atoms with van der Waals surface area (Å²) >= 11 is 0. The second kappa shape index (κ2) is 13.9. The maximum Gasteiger partial charge on any atom is 0.319 e. The van der Waals surface area contributed by atoms with Gasteiger partial charge in [-0.1, -0.05) is 24.3 Å². The number of hydrogen-bond acceptors (Lipinski definition) is 6. The molecule has 43 heavy (non-hydrogen) atoms. The zero-order valence-electron chi connectivity index (χ0n) is 23.9. The zero-order valence-corrected chi connectivity index (χ0v) is 23.9. The van der Waals surface area contributed by atoms with Gasteiger partial charge in [0.1, 0.15) is 11.8 Å². The molecule has 1 aliphatic heterocycles. The molecule has 1 saturated heterocycles. The van der Waals surface area contributed by atoms with E-state index in [1.54, 1.807) is 60.7 Å². The van der Waals surface area contributed by atoms with Gasteiger partial charge < -0.3 is 26.4 Å². The molecule has 1 aliphatic carbocycles. The highest BCUT2D eigenvalue weighted by atomic mass is 16.3. The van der Waals surface area contributed by atoms with Gasteiger partial charge in [0.25, 0.3) is 5.91 Å². The van der Waals surface area contributed by atoms with Gasteiger partial charge in [0, 0.05) is 49.9 Å². The number of hydrogen-bond donors (Lipinski definition) is 5. The van der Waals surface area contributed by atoms with E-state index in [9.17, 15) is 19.5 Å². The predicted molar refractivity (Wildman–Crippen MR) is 162 cm³/mol. The number of likely N-dealkylation sites (tertiary alicyclic amines) is 1. The number of anilines is 1. The van der Waals surface area contributed by atoms with Crippen LogP contribution in [-0.2, 0) is 17.8 Å². The first-order valence-corrected chi connectivity index (χ1v) is 14.6. The molecular formula is C33H36N6O4. The third-order valence-electron chi connectivity index (χ3n) is 7.76. The van der Waals surface area contributed by atoms with Crippen molar-refractivity contribution >= 4 is 23.5 Å². The van der Waals surface area contributed by atoms with Gasteiger partial charge >= 0.3 is 6.03 Å². The van der Waals surface area contributed by atoms with E-state index in [4.69, 9.17) is 5.26 Å². The molecule has 0 spiro atoms. The molecule has 10 nitrogen and oxygen atoms in total. The third-order valence-corrected chi connectivity index (χ3v) is 7.76. The summed E-state index contributed by atoms with van der Waals surface area (Å²) in [6.07, 6.45) is 3.33. The van der Waals surface area contributed by atoms with E-state index in [0.29, 0.717) is 35.8 Å². The molecule has 222 valence electrons. The van der Waals surface area contributed by atoms with E-state index in [0.717, 1.165) is 43.5 Å². The average molecular weight is 581 g/mol. The molecule has 3 aromatic carbocycles. The van der Waals surface area contributed by atoms with Crippen LogP contribution in [0.5, 0.6) is 5.75 Å². The minimum absolute atomic E-state index is 0.0725. The summed E-state index contributed by atoms with van der Waals surface area (Å²) in [5, 5.41) is 30.3. The Morgan fingerprint density at radius 3 is 2.30 bits per heavy atom. The maximum absolute atomic E-state index is 13.4. The minimum Gasteiger partial charge on any atom is -0.508 e. The van der Waals surface area contributed by atoms with Crippen LogP contribution >= 0.6 is 0 Å². The number of phenols is 1. The van der Waals surface area contributed by atoms with Gasteiger partial charge in [0.05, 0.1) is 11.6 Å². The van der Waals surface area contributed by atoms with Crippen LogP contribution in [0.2, 0.25) is 0 Å². The molecule has 5 N–H and O–H groups in total. The fraction of sp³-hybridized carbons (Fsp3) is 0.333. The highest BCUT2D eigenvalue weighted by Gasteiger charge is 2.28. The summed E-state index contributed by atoms with van der Waals surface area (Å²) in [5.74, 6) is 0.266. The van der Waals surface area contributed by atoms with E-state index >= 15 is 0 Å². The van der Waals surface area contributed by atoms with Crippen LogP contribution in [0.3, 0.4) is 0 Å². The second-order valence-electron chi connectivity index (χ2n) is 11.3. The molecule has 1 unspecified atom stereocenters. The smallest absolute Gasteiger partial charge is 0.319 e. The number of phenolic OH excluding ortho intramolecular Hbond substituents is 1. The Hall–Kier alpha value is -4.88. The molecule has 0 radical (unpaired) electrons. The van der Waals surface area contributed by atoms with Crippen LogP contribution in [0.1, 0.15) is 46.3 Å². The lowest BCUT2D eigenvalue weighted by molar-refractivity contribution is -0.123. The Labute approximate surface area is 251 Å². The molecule has 5 rings (SSSR count). The van der Waals surface area contributed by atoms with E-state index in [1.165, 1.54) is 0 Å². The first-order valence-electron chi connectivity index (χ1n) is 14.6. The monoisotopic (exact) mass is 580 g/mol. The second-order valence-corrected chi connectivity index (χ2v) is 11.3. The van der Waals surface area contributed by atoms with Gasteiger partial charge in [-0.2, -0.15) is 5.26 Å². The standard InChI is InChI=1S/C33H36N6O4/c34-18-23-1-5-25(6-2-23)20-39-16-15-28(21-39)36-32(42)30(17-22-7-13-29(40)14-8-22)38-33(43)37-27-11-9-26(10-12-27)31(41)35-19-24-3-4-24/h1-2,5-14,24,28,30,40H,3-4,15-17,19-21H2,(H,35,41)(H,36,42)(H2,37,38,43)/t28?,30-/m0/s1. The molecule has 2 fully saturated rings. The lowest BCUT2D eigenvalue weighted by atomic mass is 10.0. The van der Waals surface area contributed by atoms with Crippen molar-refractivity contribution < 1.29 is 19.5 Å². The summed E-state index contributed by atoms with van der Waals surface area (Å²) < 4.78 is 0. The van der Waals surface area contributed by atoms with Crippen molar-refractivity contribution in [2.24, 2.45) is 5.92 Å². The largest absolute Gasteiger partial charge is 0.508 e. The van der Waals surface area contributed by atoms with Gasteiger partial charge in [-0.05, 0) is 84.8 Å². The zero-order chi connectivity index (χ0) is 30.2. The van der Waals surface area contributed by atoms with Crippen LogP contribution < -0.4 is 21.3 Å². The van der Waals surface area contributed by atoms with Crippen molar-refractivity contribution in [1.29, 1.82) is 5.26 Å². The number of amides is 4. The van der Waals surface area contributed by atoms with Gasteiger partial charge in [0.15, 0.2) is 0 Å². The number of rotatable bonds is 11. The quantitative estimate of drug-likeness (QED) is 0.235. The topological polar surface area (TPSA) is 147 Å². The normalized spacial score (nSPS) is 17.0. The van der Waals surface area contributed by atoms with Gasteiger partial charge in [-0.3, -0.25) is 14.5 Å². The summed E-state index contributed by atoms with van der Waals surface area (Å²) in [4.78, 5) is 41.0. The SMILES string of the molecule is N#Cc1ccc(CN2CCC(NC(=O)[C@H](Cc3ccc(O)cc3)NC(=O)Nc3ccc(C(=O)NCC4CC4)cc3)C2)cc1. The number of aromatic hydroxyl groups is 1. The van der Waals surface area contributed by atoms with Crippen molar-refractivity contribution in [1.82, 2.24) is 20.9 Å². The summed E-state index contributed by atoms with van der Waals surface area (Å²) in [6.45, 7) is 2.89. The van der Waals surface area contributed by atoms with Crippen LogP contribution in [0.25, 0.3) is 0 Å². The first-order chi connectivity index (χ1) is 20.8. The van der Waals surface area contributed by atoms with Gasteiger partial charge in [0.2, 0.25) is 5.91 Å². The highest BCUT2D eigenvalue weighted by Crippen LogP contribution is 2.27. The van der Waals surface area contributed by atoms with E-state index in [2.05, 4.69) is 32.2 Å². The Balaban J connectivity index is 1.17. The maximum atomic E-state index is 13.4. The number of carbonyl (C=O) groups excluding carboxylic acids is 3. The van der Waals surface area contributed by atoms with E-state index < -0.39 is 12.1 Å². The number of carbonyl (C=O) groups is 3. The molecule has 1 heterocycles. The van der Waals surface area contributed by atoms with E-state index in [-0.39, 0.29) is 30.0 Å². The van der Waals surface area contributed by atoms with Crippen molar-refractivity contribution in [2.45, 2.75) is 44.3 Å². The van der Waals surface area contributed by atoms with Crippen LogP contribution in [0.15, 0.2) is 72.8 Å². The summed E-state index contributed by atoms with van der Waals surface area (Å²) in [5.41, 5.74) is 3.51. The number of nitrogens with one attached hydrogen (secondary N) is 4. The molecule has 3 aromatic rings. The highest BCUT2D eigenvalue weighted by molar-refractivity contribution is 5.96. The minimum atomic E-state index is -0.857. The molecule has 1 saturated carbocycles. The van der Waals surface area contributed by atoms with Crippen molar-refractivity contribution in [3.05, 3.63) is 95.1 Å². The Morgan fingerprint density at radius 1 is 0.930 bits per heavy atom. The van der Waals surface area contributed by atoms with Gasteiger partial charge in [-0.15, -0.1) is 0 Å². The Morgan fingerprint density at radius 2 is 1.63 bits per heavy atom. The lowest BCUT2D eigenvalue weighted by Crippen LogP contribution is -2.52. The lowest BCUT2D eigenvalue weighted by Gasteiger charge is -2.22. The molecule has 2 atom stereocenters. The number of urea groups is 1. The summed E-state index contributed by atoms with van der Waals surface area (Å²) in [7, 11) is 0. The summed E-state index contributed by atoms with van der Waals surface area (Å²) in [6, 6.07) is 21.3. The third kappa shape index (κ3) is 8.80. The van der Waals surface area contributed by atoms with Crippen molar-refractivity contribution in [2.75, 3.05) is 25.0 Å². The molecular weight excluding hydrogens is 544 g/mol. The van der Waals surface area contributed by atoms with Crippen molar-refractivity contribution in [3.8, 4) is 11.8 Å². The number of benzene rings is 3.